The van der Waals surface area contributed by atoms with Gasteiger partial charge in [0.25, 0.3) is 20.2 Å². The van der Waals surface area contributed by atoms with Crippen molar-refractivity contribution in [2.75, 3.05) is 25.7 Å². The monoisotopic (exact) mass is 436 g/mol. The number of aliphatic hydroxyl groups is 2. The Bertz CT molecular complexity index is 439. The molecule has 0 heterocycles. The number of hydrogen-bond acceptors (Lipinski definition) is 6. The van der Waals surface area contributed by atoms with E-state index >= 15 is 0 Å². The minimum absolute atomic E-state index is 0.115. The summed E-state index contributed by atoms with van der Waals surface area (Å²) in [5.41, 5.74) is 0. The smallest absolute Gasteiger partial charge is 0.261 e. The molecule has 0 atom stereocenters. The van der Waals surface area contributed by atoms with Gasteiger partial charge in [0.15, 0.2) is 0 Å². The van der Waals surface area contributed by atoms with Crippen molar-refractivity contribution in [2.45, 2.75) is 77.6 Å². The molecule has 0 aromatic rings. The highest BCUT2D eigenvalue weighted by atomic mass is 32.2. The van der Waals surface area contributed by atoms with Gasteiger partial charge in [0.1, 0.15) is 0 Å². The van der Waals surface area contributed by atoms with Gasteiger partial charge in [-0.25, -0.2) is 0 Å². The summed E-state index contributed by atoms with van der Waals surface area (Å²) in [6, 6.07) is 0. The summed E-state index contributed by atoms with van der Waals surface area (Å²) in [7, 11) is -7.33. The zero-order valence-corrected chi connectivity index (χ0v) is 18.6. The Balaban J connectivity index is -0.000000471. The van der Waals surface area contributed by atoms with Gasteiger partial charge in [-0.3, -0.25) is 9.11 Å². The van der Waals surface area contributed by atoms with E-state index in [1.165, 1.54) is 57.8 Å². The average molecular weight is 437 g/mol. The maximum Gasteiger partial charge on any atom is 0.261 e. The van der Waals surface area contributed by atoms with Crippen LogP contribution in [0.2, 0.25) is 0 Å². The molecule has 0 saturated carbocycles. The second kappa shape index (κ2) is 20.5. The molecule has 0 fully saturated rings. The van der Waals surface area contributed by atoms with Gasteiger partial charge in [-0.05, 0) is 6.42 Å². The quantitative estimate of drug-likeness (QED) is 0.254. The second-order valence-corrected chi connectivity index (χ2v) is 9.60. The Hall–Kier alpha value is -0.260. The fourth-order valence-electron chi connectivity index (χ4n) is 2.16. The molecule has 0 aromatic carbocycles. The van der Waals surface area contributed by atoms with Crippen LogP contribution in [0.1, 0.15) is 77.6 Å². The van der Waals surface area contributed by atoms with Crippen molar-refractivity contribution in [3.8, 4) is 0 Å². The Morgan fingerprint density at radius 2 is 0.889 bits per heavy atom. The molecule has 8 nitrogen and oxygen atoms in total. The molecule has 0 unspecified atom stereocenters. The van der Waals surface area contributed by atoms with Crippen LogP contribution in [0.15, 0.2) is 0 Å². The standard InChI is InChI=1S/C15H32O2.2CH4O3S/c1-2-3-4-5-6-7-8-9-10-11-12-15(13-16)14-17;2*1-5(2,3)4/h15-17H,2-14H2,1H3;2*1H3,(H,2,3,4). The van der Waals surface area contributed by atoms with Crippen LogP contribution in [0, 0.1) is 5.92 Å². The lowest BCUT2D eigenvalue weighted by atomic mass is 10.0. The summed E-state index contributed by atoms with van der Waals surface area (Å²) in [5.74, 6) is 0.115. The molecule has 0 aromatic heterocycles. The van der Waals surface area contributed by atoms with E-state index in [0.29, 0.717) is 12.5 Å². The maximum absolute atomic E-state index is 9.19. The molecule has 0 aliphatic carbocycles. The summed E-state index contributed by atoms with van der Waals surface area (Å²) in [5, 5.41) is 17.8. The highest BCUT2D eigenvalue weighted by Crippen LogP contribution is 2.13. The van der Waals surface area contributed by atoms with E-state index in [0.717, 1.165) is 12.8 Å². The Labute approximate surface area is 165 Å². The molecule has 0 radical (unpaired) electrons. The van der Waals surface area contributed by atoms with Crippen molar-refractivity contribution < 1.29 is 36.2 Å². The van der Waals surface area contributed by atoms with Gasteiger partial charge in [-0.15, -0.1) is 0 Å². The van der Waals surface area contributed by atoms with Gasteiger partial charge in [-0.1, -0.05) is 71.1 Å². The van der Waals surface area contributed by atoms with Crippen LogP contribution in [-0.2, 0) is 20.2 Å². The maximum atomic E-state index is 9.19. The zero-order valence-electron chi connectivity index (χ0n) is 17.0. The third kappa shape index (κ3) is 58.6. The minimum Gasteiger partial charge on any atom is -0.396 e. The van der Waals surface area contributed by atoms with Crippen LogP contribution in [0.4, 0.5) is 0 Å². The van der Waals surface area contributed by atoms with Crippen LogP contribution >= 0.6 is 0 Å². The van der Waals surface area contributed by atoms with Crippen LogP contribution < -0.4 is 0 Å². The molecule has 0 aliphatic heterocycles. The average Bonchev–Trinajstić information content (AvgIpc) is 2.50. The molecule has 0 aliphatic rings. The van der Waals surface area contributed by atoms with E-state index < -0.39 is 20.2 Å². The molecule has 0 bridgehead atoms. The molecule has 4 N–H and O–H groups in total. The largest absolute Gasteiger partial charge is 0.396 e. The van der Waals surface area contributed by atoms with Crippen LogP contribution in [0.25, 0.3) is 0 Å². The van der Waals surface area contributed by atoms with Crippen LogP contribution in [-0.4, -0.2) is 61.9 Å². The van der Waals surface area contributed by atoms with Crippen LogP contribution in [0.3, 0.4) is 0 Å². The van der Waals surface area contributed by atoms with Crippen molar-refractivity contribution >= 4 is 20.2 Å². The number of aliphatic hydroxyl groups excluding tert-OH is 2. The van der Waals surface area contributed by atoms with E-state index in [1.807, 2.05) is 0 Å². The first-order valence-corrected chi connectivity index (χ1v) is 13.1. The summed E-state index contributed by atoms with van der Waals surface area (Å²) >= 11 is 0. The molecule has 168 valence electrons. The Kier molecular flexibility index (Phi) is 23.8. The molecule has 27 heavy (non-hydrogen) atoms. The predicted molar refractivity (Wildman–Crippen MR) is 109 cm³/mol. The van der Waals surface area contributed by atoms with Gasteiger partial charge in [-0.2, -0.15) is 16.8 Å². The lowest BCUT2D eigenvalue weighted by Crippen LogP contribution is -2.10. The van der Waals surface area contributed by atoms with Gasteiger partial charge in [0.2, 0.25) is 0 Å². The predicted octanol–water partition coefficient (Wildman–Crippen LogP) is 2.91. The van der Waals surface area contributed by atoms with Gasteiger partial charge < -0.3 is 10.2 Å². The third-order valence-corrected chi connectivity index (χ3v) is 3.48. The number of unbranched alkanes of at least 4 members (excludes halogenated alkanes) is 9. The van der Waals surface area contributed by atoms with Crippen LogP contribution in [0.5, 0.6) is 0 Å². The first-order chi connectivity index (χ1) is 12.3. The summed E-state index contributed by atoms with van der Waals surface area (Å²) in [6.45, 7) is 2.52. The molecule has 0 spiro atoms. The van der Waals surface area contributed by atoms with Gasteiger partial charge in [0, 0.05) is 19.1 Å². The van der Waals surface area contributed by atoms with Crippen molar-refractivity contribution in [3.05, 3.63) is 0 Å². The summed E-state index contributed by atoms with van der Waals surface area (Å²) < 4.78 is 51.7. The minimum atomic E-state index is -3.67. The molecule has 0 amide bonds. The zero-order chi connectivity index (χ0) is 21.8. The Morgan fingerprint density at radius 1 is 0.630 bits per heavy atom. The normalized spacial score (nSPS) is 11.4. The fraction of sp³-hybridized carbons (Fsp3) is 1.00. The topological polar surface area (TPSA) is 149 Å². The van der Waals surface area contributed by atoms with E-state index in [2.05, 4.69) is 6.92 Å². The van der Waals surface area contributed by atoms with Crippen molar-refractivity contribution in [1.82, 2.24) is 0 Å². The first kappa shape index (κ1) is 31.4. The summed E-state index contributed by atoms with van der Waals surface area (Å²) in [4.78, 5) is 0. The lowest BCUT2D eigenvalue weighted by Gasteiger charge is -2.09. The van der Waals surface area contributed by atoms with Crippen molar-refractivity contribution in [3.63, 3.8) is 0 Å². The number of hydrogen-bond donors (Lipinski definition) is 4. The second-order valence-electron chi connectivity index (χ2n) is 6.67. The first-order valence-electron chi connectivity index (χ1n) is 9.41. The van der Waals surface area contributed by atoms with E-state index in [1.54, 1.807) is 0 Å². The van der Waals surface area contributed by atoms with Gasteiger partial charge in [0.05, 0.1) is 12.5 Å². The summed E-state index contributed by atoms with van der Waals surface area (Å²) in [6.07, 6.45) is 15.8. The lowest BCUT2D eigenvalue weighted by molar-refractivity contribution is 0.141. The molecular weight excluding hydrogens is 396 g/mol. The highest BCUT2D eigenvalue weighted by molar-refractivity contribution is 7.85. The molecule has 0 rings (SSSR count). The van der Waals surface area contributed by atoms with E-state index in [4.69, 9.17) is 19.3 Å². The SMILES string of the molecule is CCCCCCCCCCCCC(CO)CO.CS(=O)(=O)O.CS(=O)(=O)O. The Morgan fingerprint density at radius 3 is 1.15 bits per heavy atom. The van der Waals surface area contributed by atoms with Crippen molar-refractivity contribution in [1.29, 1.82) is 0 Å². The molecule has 10 heteroatoms. The van der Waals surface area contributed by atoms with E-state index in [-0.39, 0.29) is 19.1 Å². The fourth-order valence-corrected chi connectivity index (χ4v) is 2.16. The van der Waals surface area contributed by atoms with Gasteiger partial charge >= 0.3 is 0 Å². The third-order valence-electron chi connectivity index (χ3n) is 3.48. The van der Waals surface area contributed by atoms with Crippen molar-refractivity contribution in [2.24, 2.45) is 5.92 Å². The highest BCUT2D eigenvalue weighted by Gasteiger charge is 2.04. The molecular formula is C17H40O8S2. The molecule has 0 saturated heterocycles. The number of rotatable bonds is 13. The van der Waals surface area contributed by atoms with E-state index in [9.17, 15) is 16.8 Å².